The molecule has 104 valence electrons. The number of guanidine groups is 1. The maximum atomic E-state index is 5.15. The molecule has 1 aliphatic heterocycles. The molecule has 0 saturated heterocycles. The van der Waals surface area contributed by atoms with Crippen molar-refractivity contribution in [2.75, 3.05) is 26.7 Å². The first-order chi connectivity index (χ1) is 9.38. The Balaban J connectivity index is 1.59. The standard InChI is InChI=1S/C15H23N3O/c1-19-14-8-6-13(7-9-14)5-2-3-10-16-15-17-11-4-12-18-15/h6-9H,2-5,10-12H2,1H3,(H2,16,17,18). The summed E-state index contributed by atoms with van der Waals surface area (Å²) in [5, 5.41) is 6.61. The van der Waals surface area contributed by atoms with E-state index in [4.69, 9.17) is 4.74 Å². The average molecular weight is 261 g/mol. The lowest BCUT2D eigenvalue weighted by Crippen LogP contribution is -2.41. The normalized spacial score (nSPS) is 14.5. The van der Waals surface area contributed by atoms with E-state index in [1.807, 2.05) is 12.1 Å². The van der Waals surface area contributed by atoms with Crippen molar-refractivity contribution in [3.05, 3.63) is 29.8 Å². The molecule has 2 N–H and O–H groups in total. The molecule has 0 aromatic heterocycles. The molecule has 1 heterocycles. The Kier molecular flexibility index (Phi) is 5.53. The first-order valence-electron chi connectivity index (χ1n) is 7.03. The van der Waals surface area contributed by atoms with Gasteiger partial charge in [0.2, 0.25) is 0 Å². The van der Waals surface area contributed by atoms with E-state index < -0.39 is 0 Å². The van der Waals surface area contributed by atoms with E-state index >= 15 is 0 Å². The maximum absolute atomic E-state index is 5.15. The number of ether oxygens (including phenoxy) is 1. The van der Waals surface area contributed by atoms with Gasteiger partial charge < -0.3 is 15.4 Å². The monoisotopic (exact) mass is 261 g/mol. The molecular formula is C15H23N3O. The molecule has 0 unspecified atom stereocenters. The fourth-order valence-electron chi connectivity index (χ4n) is 2.10. The van der Waals surface area contributed by atoms with Gasteiger partial charge in [0.25, 0.3) is 0 Å². The molecule has 4 nitrogen and oxygen atoms in total. The SMILES string of the molecule is COc1ccc(CCCCNC2=NCCCN2)cc1. The largest absolute Gasteiger partial charge is 0.497 e. The van der Waals surface area contributed by atoms with E-state index in [9.17, 15) is 0 Å². The van der Waals surface area contributed by atoms with Crippen LogP contribution in [0.5, 0.6) is 5.75 Å². The summed E-state index contributed by atoms with van der Waals surface area (Å²) in [5.41, 5.74) is 1.37. The van der Waals surface area contributed by atoms with E-state index in [2.05, 4.69) is 27.8 Å². The van der Waals surface area contributed by atoms with Gasteiger partial charge in [-0.15, -0.1) is 0 Å². The second-order valence-electron chi connectivity index (χ2n) is 4.74. The minimum atomic E-state index is 0.923. The molecule has 0 spiro atoms. The summed E-state index contributed by atoms with van der Waals surface area (Å²) in [7, 11) is 1.70. The number of aliphatic imine (C=N–C) groups is 1. The minimum absolute atomic E-state index is 0.923. The molecule has 1 aliphatic rings. The molecule has 4 heteroatoms. The summed E-state index contributed by atoms with van der Waals surface area (Å²) in [4.78, 5) is 4.38. The average Bonchev–Trinajstić information content (AvgIpc) is 2.49. The fourth-order valence-corrected chi connectivity index (χ4v) is 2.10. The van der Waals surface area contributed by atoms with E-state index in [1.165, 1.54) is 12.0 Å². The van der Waals surface area contributed by atoms with Crippen LogP contribution >= 0.6 is 0 Å². The van der Waals surface area contributed by atoms with E-state index in [1.54, 1.807) is 7.11 Å². The van der Waals surface area contributed by atoms with Gasteiger partial charge in [-0.1, -0.05) is 12.1 Å². The molecule has 1 aromatic carbocycles. The van der Waals surface area contributed by atoms with Gasteiger partial charge in [-0.25, -0.2) is 0 Å². The molecule has 0 aliphatic carbocycles. The molecule has 2 rings (SSSR count). The van der Waals surface area contributed by atoms with Crippen LogP contribution in [0.1, 0.15) is 24.8 Å². The van der Waals surface area contributed by atoms with Crippen molar-refractivity contribution in [1.82, 2.24) is 10.6 Å². The van der Waals surface area contributed by atoms with Crippen LogP contribution in [0.25, 0.3) is 0 Å². The van der Waals surface area contributed by atoms with Crippen LogP contribution in [-0.2, 0) is 6.42 Å². The summed E-state index contributed by atoms with van der Waals surface area (Å²) in [6.07, 6.45) is 4.60. The molecule has 0 fully saturated rings. The van der Waals surface area contributed by atoms with Crippen molar-refractivity contribution in [3.8, 4) is 5.75 Å². The van der Waals surface area contributed by atoms with Crippen molar-refractivity contribution in [1.29, 1.82) is 0 Å². The Bertz CT molecular complexity index is 400. The van der Waals surface area contributed by atoms with Gasteiger partial charge in [-0.3, -0.25) is 4.99 Å². The molecule has 19 heavy (non-hydrogen) atoms. The van der Waals surface area contributed by atoms with E-state index in [-0.39, 0.29) is 0 Å². The van der Waals surface area contributed by atoms with Crippen LogP contribution in [0.2, 0.25) is 0 Å². The van der Waals surface area contributed by atoms with Gasteiger partial charge in [0.15, 0.2) is 5.96 Å². The van der Waals surface area contributed by atoms with Crippen LogP contribution in [-0.4, -0.2) is 32.7 Å². The molecular weight excluding hydrogens is 238 g/mol. The smallest absolute Gasteiger partial charge is 0.191 e. The van der Waals surface area contributed by atoms with Crippen molar-refractivity contribution in [3.63, 3.8) is 0 Å². The molecule has 1 aromatic rings. The zero-order valence-electron chi connectivity index (χ0n) is 11.6. The lowest BCUT2D eigenvalue weighted by molar-refractivity contribution is 0.414. The number of methoxy groups -OCH3 is 1. The number of nitrogens with zero attached hydrogens (tertiary/aromatic N) is 1. The lowest BCUT2D eigenvalue weighted by Gasteiger charge is -2.15. The number of rotatable bonds is 6. The predicted octanol–water partition coefficient (Wildman–Crippen LogP) is 1.96. The third-order valence-corrected chi connectivity index (χ3v) is 3.24. The summed E-state index contributed by atoms with van der Waals surface area (Å²) >= 11 is 0. The summed E-state index contributed by atoms with van der Waals surface area (Å²) in [6.45, 7) is 2.97. The molecule has 0 radical (unpaired) electrons. The molecule has 0 amide bonds. The van der Waals surface area contributed by atoms with Crippen LogP contribution in [0.3, 0.4) is 0 Å². The Labute approximate surface area is 115 Å². The van der Waals surface area contributed by atoms with Crippen molar-refractivity contribution >= 4 is 5.96 Å². The number of nitrogens with one attached hydrogen (secondary N) is 2. The number of hydrogen-bond acceptors (Lipinski definition) is 4. The van der Waals surface area contributed by atoms with Gasteiger partial charge in [-0.05, 0) is 43.4 Å². The molecule has 0 saturated carbocycles. The maximum Gasteiger partial charge on any atom is 0.191 e. The highest BCUT2D eigenvalue weighted by atomic mass is 16.5. The minimum Gasteiger partial charge on any atom is -0.497 e. The highest BCUT2D eigenvalue weighted by molar-refractivity contribution is 5.80. The topological polar surface area (TPSA) is 45.6 Å². The first-order valence-corrected chi connectivity index (χ1v) is 7.03. The van der Waals surface area contributed by atoms with Crippen molar-refractivity contribution in [2.45, 2.75) is 25.7 Å². The third kappa shape index (κ3) is 4.81. The van der Waals surface area contributed by atoms with Crippen LogP contribution < -0.4 is 15.4 Å². The molecule has 0 bridgehead atoms. The van der Waals surface area contributed by atoms with E-state index in [0.29, 0.717) is 0 Å². The highest BCUT2D eigenvalue weighted by Crippen LogP contribution is 2.12. The Morgan fingerprint density at radius 1 is 1.26 bits per heavy atom. The van der Waals surface area contributed by atoms with Gasteiger partial charge >= 0.3 is 0 Å². The number of unbranched alkanes of at least 4 members (excludes halogenated alkanes) is 1. The number of aryl methyl sites for hydroxylation is 1. The van der Waals surface area contributed by atoms with Gasteiger partial charge in [0.05, 0.1) is 7.11 Å². The third-order valence-electron chi connectivity index (χ3n) is 3.24. The van der Waals surface area contributed by atoms with Crippen LogP contribution in [0.15, 0.2) is 29.3 Å². The lowest BCUT2D eigenvalue weighted by atomic mass is 10.1. The Hall–Kier alpha value is -1.71. The molecule has 0 atom stereocenters. The van der Waals surface area contributed by atoms with Crippen LogP contribution in [0.4, 0.5) is 0 Å². The predicted molar refractivity (Wildman–Crippen MR) is 78.9 cm³/mol. The summed E-state index contributed by atoms with van der Waals surface area (Å²) in [6, 6.07) is 8.32. The van der Waals surface area contributed by atoms with Crippen molar-refractivity contribution < 1.29 is 4.74 Å². The summed E-state index contributed by atoms with van der Waals surface area (Å²) in [5.74, 6) is 1.89. The van der Waals surface area contributed by atoms with Gasteiger partial charge in [-0.2, -0.15) is 0 Å². The van der Waals surface area contributed by atoms with Crippen molar-refractivity contribution in [2.24, 2.45) is 4.99 Å². The quantitative estimate of drug-likeness (QED) is 0.769. The van der Waals surface area contributed by atoms with E-state index in [0.717, 1.165) is 50.6 Å². The highest BCUT2D eigenvalue weighted by Gasteiger charge is 2.02. The second-order valence-corrected chi connectivity index (χ2v) is 4.74. The number of benzene rings is 1. The zero-order chi connectivity index (χ0) is 13.3. The Morgan fingerprint density at radius 2 is 2.11 bits per heavy atom. The van der Waals surface area contributed by atoms with Gasteiger partial charge in [0.1, 0.15) is 5.75 Å². The first kappa shape index (κ1) is 13.7. The number of hydrogen-bond donors (Lipinski definition) is 2. The second kappa shape index (κ2) is 7.67. The Morgan fingerprint density at radius 3 is 2.79 bits per heavy atom. The van der Waals surface area contributed by atoms with Gasteiger partial charge in [0, 0.05) is 19.6 Å². The van der Waals surface area contributed by atoms with Crippen LogP contribution in [0, 0.1) is 0 Å². The fraction of sp³-hybridized carbons (Fsp3) is 0.533. The summed E-state index contributed by atoms with van der Waals surface area (Å²) < 4.78 is 5.15. The zero-order valence-corrected chi connectivity index (χ0v) is 11.6.